The fourth-order valence-electron chi connectivity index (χ4n) is 2.26. The number of rotatable bonds is 0. The van der Waals surface area contributed by atoms with E-state index in [0.29, 0.717) is 6.42 Å². The van der Waals surface area contributed by atoms with Crippen LogP contribution in [0.3, 0.4) is 0 Å². The predicted molar refractivity (Wildman–Crippen MR) is 56.9 cm³/mol. The highest BCUT2D eigenvalue weighted by molar-refractivity contribution is 5.90. The monoisotopic (exact) mass is 196 g/mol. The number of carbonyl (C=O) groups excluding carboxylic acids is 1. The van der Waals surface area contributed by atoms with Gasteiger partial charge in [0.15, 0.2) is 5.78 Å². The van der Waals surface area contributed by atoms with Gasteiger partial charge in [-0.3, -0.25) is 4.79 Å². The summed E-state index contributed by atoms with van der Waals surface area (Å²) in [6.07, 6.45) is 8.21. The number of carbonyl (C=O) groups is 1. The standard InChI is InChI=1S/C11H16O2.CH4/c1-9-2-5-11(6-3-9)8-10(12)4-7-13-11;/h4,7,9H,2-3,5-6,8H2,1H3;1H4. The van der Waals surface area contributed by atoms with Crippen molar-refractivity contribution < 1.29 is 9.53 Å². The number of hydrogen-bond donors (Lipinski definition) is 0. The van der Waals surface area contributed by atoms with Crippen molar-refractivity contribution in [2.45, 2.75) is 52.1 Å². The Kier molecular flexibility index (Phi) is 3.35. The van der Waals surface area contributed by atoms with Crippen LogP contribution in [0.1, 0.15) is 46.5 Å². The second kappa shape index (κ2) is 4.16. The molecule has 2 rings (SSSR count). The lowest BCUT2D eigenvalue weighted by molar-refractivity contribution is -0.125. The molecule has 0 saturated heterocycles. The molecule has 0 N–H and O–H groups in total. The second-order valence-electron chi connectivity index (χ2n) is 4.43. The van der Waals surface area contributed by atoms with E-state index in [0.717, 1.165) is 18.8 Å². The Labute approximate surface area is 86.3 Å². The Hall–Kier alpha value is -0.790. The van der Waals surface area contributed by atoms with Crippen LogP contribution in [0.15, 0.2) is 12.3 Å². The Morgan fingerprint density at radius 1 is 1.43 bits per heavy atom. The summed E-state index contributed by atoms with van der Waals surface area (Å²) < 4.78 is 5.62. The average molecular weight is 196 g/mol. The van der Waals surface area contributed by atoms with Crippen LogP contribution in [0.2, 0.25) is 0 Å². The molecule has 0 unspecified atom stereocenters. The molecule has 14 heavy (non-hydrogen) atoms. The topological polar surface area (TPSA) is 26.3 Å². The van der Waals surface area contributed by atoms with Crippen molar-refractivity contribution in [2.24, 2.45) is 5.92 Å². The number of hydrogen-bond acceptors (Lipinski definition) is 2. The quantitative estimate of drug-likeness (QED) is 0.595. The molecule has 1 spiro atoms. The molecule has 1 saturated carbocycles. The van der Waals surface area contributed by atoms with Crippen molar-refractivity contribution >= 4 is 5.78 Å². The van der Waals surface area contributed by atoms with E-state index < -0.39 is 0 Å². The van der Waals surface area contributed by atoms with E-state index in [2.05, 4.69) is 6.92 Å². The van der Waals surface area contributed by atoms with Crippen LogP contribution in [0.5, 0.6) is 0 Å². The maximum Gasteiger partial charge on any atom is 0.162 e. The van der Waals surface area contributed by atoms with Crippen molar-refractivity contribution in [3.63, 3.8) is 0 Å². The van der Waals surface area contributed by atoms with E-state index in [-0.39, 0.29) is 18.8 Å². The van der Waals surface area contributed by atoms with Gasteiger partial charge < -0.3 is 4.74 Å². The highest BCUT2D eigenvalue weighted by Gasteiger charge is 2.38. The smallest absolute Gasteiger partial charge is 0.162 e. The van der Waals surface area contributed by atoms with E-state index in [1.165, 1.54) is 12.8 Å². The molecular formula is C12H20O2. The molecule has 1 aliphatic carbocycles. The zero-order valence-corrected chi connectivity index (χ0v) is 8.08. The summed E-state index contributed by atoms with van der Waals surface area (Å²) in [5.74, 6) is 1.02. The second-order valence-corrected chi connectivity index (χ2v) is 4.43. The summed E-state index contributed by atoms with van der Waals surface area (Å²) in [6.45, 7) is 2.27. The fourth-order valence-corrected chi connectivity index (χ4v) is 2.26. The molecule has 2 aliphatic rings. The predicted octanol–water partition coefficient (Wildman–Crippen LogP) is 3.07. The molecule has 2 heteroatoms. The first-order valence-electron chi connectivity index (χ1n) is 5.07. The normalized spacial score (nSPS) is 36.4. The summed E-state index contributed by atoms with van der Waals surface area (Å²) in [4.78, 5) is 11.3. The Morgan fingerprint density at radius 2 is 2.07 bits per heavy atom. The van der Waals surface area contributed by atoms with Crippen LogP contribution in [-0.2, 0) is 9.53 Å². The summed E-state index contributed by atoms with van der Waals surface area (Å²) in [6, 6.07) is 0. The summed E-state index contributed by atoms with van der Waals surface area (Å²) in [5, 5.41) is 0. The van der Waals surface area contributed by atoms with Crippen LogP contribution >= 0.6 is 0 Å². The van der Waals surface area contributed by atoms with Gasteiger partial charge in [-0.1, -0.05) is 14.4 Å². The number of ether oxygens (including phenoxy) is 1. The minimum absolute atomic E-state index is 0. The lowest BCUT2D eigenvalue weighted by atomic mass is 9.76. The van der Waals surface area contributed by atoms with Gasteiger partial charge in [0.1, 0.15) is 5.60 Å². The lowest BCUT2D eigenvalue weighted by Crippen LogP contribution is -2.39. The minimum atomic E-state index is -0.127. The molecule has 0 bridgehead atoms. The van der Waals surface area contributed by atoms with Crippen molar-refractivity contribution in [1.82, 2.24) is 0 Å². The summed E-state index contributed by atoms with van der Waals surface area (Å²) >= 11 is 0. The molecule has 2 nitrogen and oxygen atoms in total. The molecule has 0 radical (unpaired) electrons. The van der Waals surface area contributed by atoms with Gasteiger partial charge >= 0.3 is 0 Å². The third-order valence-electron chi connectivity index (χ3n) is 3.25. The molecule has 0 amide bonds. The van der Waals surface area contributed by atoms with Gasteiger partial charge in [0.25, 0.3) is 0 Å². The zero-order valence-electron chi connectivity index (χ0n) is 8.08. The van der Waals surface area contributed by atoms with E-state index in [1.807, 2.05) is 0 Å². The minimum Gasteiger partial charge on any atom is -0.494 e. The van der Waals surface area contributed by atoms with Crippen molar-refractivity contribution in [2.75, 3.05) is 0 Å². The SMILES string of the molecule is C.CC1CCC2(CC1)CC(=O)C=CO2. The summed E-state index contributed by atoms with van der Waals surface area (Å²) in [5.41, 5.74) is -0.127. The highest BCUT2D eigenvalue weighted by Crippen LogP contribution is 2.38. The molecular weight excluding hydrogens is 176 g/mol. The largest absolute Gasteiger partial charge is 0.494 e. The lowest BCUT2D eigenvalue weighted by Gasteiger charge is -2.39. The first-order valence-corrected chi connectivity index (χ1v) is 5.07. The number of ketones is 1. The van der Waals surface area contributed by atoms with Gasteiger partial charge in [0, 0.05) is 6.08 Å². The Bertz CT molecular complexity index is 235. The third-order valence-corrected chi connectivity index (χ3v) is 3.25. The number of allylic oxidation sites excluding steroid dienone is 1. The van der Waals surface area contributed by atoms with E-state index in [1.54, 1.807) is 12.3 Å². The van der Waals surface area contributed by atoms with Crippen molar-refractivity contribution in [3.05, 3.63) is 12.3 Å². The highest BCUT2D eigenvalue weighted by atomic mass is 16.5. The molecule has 1 heterocycles. The van der Waals surface area contributed by atoms with Gasteiger partial charge in [-0.25, -0.2) is 0 Å². The fraction of sp³-hybridized carbons (Fsp3) is 0.750. The van der Waals surface area contributed by atoms with Gasteiger partial charge in [-0.05, 0) is 31.6 Å². The maximum absolute atomic E-state index is 11.3. The summed E-state index contributed by atoms with van der Waals surface area (Å²) in [7, 11) is 0. The maximum atomic E-state index is 11.3. The average Bonchev–Trinajstić information content (AvgIpc) is 2.11. The van der Waals surface area contributed by atoms with E-state index >= 15 is 0 Å². The zero-order chi connectivity index (χ0) is 9.31. The van der Waals surface area contributed by atoms with E-state index in [4.69, 9.17) is 4.74 Å². The van der Waals surface area contributed by atoms with Crippen molar-refractivity contribution in [3.8, 4) is 0 Å². The molecule has 0 aromatic carbocycles. The van der Waals surface area contributed by atoms with Crippen LogP contribution in [0.4, 0.5) is 0 Å². The van der Waals surface area contributed by atoms with Gasteiger partial charge in [0.05, 0.1) is 12.7 Å². The molecule has 1 aliphatic heterocycles. The Balaban J connectivity index is 0.000000980. The van der Waals surface area contributed by atoms with Crippen LogP contribution in [-0.4, -0.2) is 11.4 Å². The Morgan fingerprint density at radius 3 is 2.64 bits per heavy atom. The molecule has 0 aromatic heterocycles. The van der Waals surface area contributed by atoms with Crippen LogP contribution in [0.25, 0.3) is 0 Å². The first-order chi connectivity index (χ1) is 6.20. The first kappa shape index (κ1) is 11.3. The van der Waals surface area contributed by atoms with Crippen LogP contribution < -0.4 is 0 Å². The molecule has 80 valence electrons. The van der Waals surface area contributed by atoms with E-state index in [9.17, 15) is 4.79 Å². The van der Waals surface area contributed by atoms with Gasteiger partial charge in [-0.15, -0.1) is 0 Å². The van der Waals surface area contributed by atoms with Gasteiger partial charge in [-0.2, -0.15) is 0 Å². The molecule has 1 fully saturated rings. The van der Waals surface area contributed by atoms with Crippen LogP contribution in [0, 0.1) is 5.92 Å². The molecule has 0 aromatic rings. The van der Waals surface area contributed by atoms with Crippen molar-refractivity contribution in [1.29, 1.82) is 0 Å². The van der Waals surface area contributed by atoms with Gasteiger partial charge in [0.2, 0.25) is 0 Å². The third kappa shape index (κ3) is 2.17. The molecule has 0 atom stereocenters.